The molecule has 19 heavy (non-hydrogen) atoms. The molecule has 0 atom stereocenters. The summed E-state index contributed by atoms with van der Waals surface area (Å²) in [5, 5.41) is 2.93. The number of methoxy groups -OCH3 is 1. The summed E-state index contributed by atoms with van der Waals surface area (Å²) in [6, 6.07) is 0.934. The van der Waals surface area contributed by atoms with Crippen LogP contribution in [0.3, 0.4) is 0 Å². The SMILES string of the molecule is CNc1nc(OC)nc(N2CCN(C(C)C)CC2)n1. The molecule has 1 N–H and O–H groups in total. The van der Waals surface area contributed by atoms with Crippen molar-refractivity contribution in [3.05, 3.63) is 0 Å². The zero-order chi connectivity index (χ0) is 13.8. The Kier molecular flexibility index (Phi) is 4.36. The Morgan fingerprint density at radius 2 is 1.79 bits per heavy atom. The van der Waals surface area contributed by atoms with Gasteiger partial charge in [-0.25, -0.2) is 0 Å². The van der Waals surface area contributed by atoms with Crippen molar-refractivity contribution in [3.8, 4) is 6.01 Å². The molecule has 0 spiro atoms. The Balaban J connectivity index is 2.10. The van der Waals surface area contributed by atoms with Crippen LogP contribution < -0.4 is 15.0 Å². The number of nitrogens with zero attached hydrogens (tertiary/aromatic N) is 5. The lowest BCUT2D eigenvalue weighted by molar-refractivity contribution is 0.208. The molecule has 0 amide bonds. The summed E-state index contributed by atoms with van der Waals surface area (Å²) in [6.45, 7) is 8.35. The summed E-state index contributed by atoms with van der Waals surface area (Å²) in [4.78, 5) is 17.4. The molecule has 1 aromatic rings. The van der Waals surface area contributed by atoms with Gasteiger partial charge in [0.2, 0.25) is 11.9 Å². The van der Waals surface area contributed by atoms with Crippen LogP contribution in [-0.2, 0) is 0 Å². The average Bonchev–Trinajstić information content (AvgIpc) is 2.46. The second kappa shape index (κ2) is 6.01. The molecule has 1 aromatic heterocycles. The number of nitrogens with one attached hydrogen (secondary N) is 1. The highest BCUT2D eigenvalue weighted by molar-refractivity contribution is 5.38. The van der Waals surface area contributed by atoms with Crippen molar-refractivity contribution in [2.24, 2.45) is 0 Å². The maximum absolute atomic E-state index is 5.11. The van der Waals surface area contributed by atoms with Gasteiger partial charge in [-0.3, -0.25) is 4.90 Å². The number of hydrogen-bond donors (Lipinski definition) is 1. The van der Waals surface area contributed by atoms with Crippen LogP contribution in [0.4, 0.5) is 11.9 Å². The third-order valence-corrected chi connectivity index (χ3v) is 3.34. The van der Waals surface area contributed by atoms with Crippen molar-refractivity contribution in [1.29, 1.82) is 0 Å². The Labute approximate surface area is 114 Å². The minimum atomic E-state index is 0.348. The zero-order valence-corrected chi connectivity index (χ0v) is 12.1. The van der Waals surface area contributed by atoms with Crippen molar-refractivity contribution < 1.29 is 4.74 Å². The third kappa shape index (κ3) is 3.23. The van der Waals surface area contributed by atoms with Crippen LogP contribution in [-0.4, -0.2) is 66.2 Å². The predicted molar refractivity (Wildman–Crippen MR) is 74.8 cm³/mol. The molecule has 1 aliphatic rings. The van der Waals surface area contributed by atoms with E-state index in [0.717, 1.165) is 26.2 Å². The van der Waals surface area contributed by atoms with E-state index in [1.165, 1.54) is 0 Å². The number of anilines is 2. The first-order chi connectivity index (χ1) is 9.13. The summed E-state index contributed by atoms with van der Waals surface area (Å²) >= 11 is 0. The molecule has 7 heteroatoms. The molecule has 0 aromatic carbocycles. The molecule has 7 nitrogen and oxygen atoms in total. The largest absolute Gasteiger partial charge is 0.467 e. The lowest BCUT2D eigenvalue weighted by Crippen LogP contribution is -2.49. The van der Waals surface area contributed by atoms with Crippen LogP contribution in [0.5, 0.6) is 6.01 Å². The van der Waals surface area contributed by atoms with Crippen LogP contribution in [0.25, 0.3) is 0 Å². The Morgan fingerprint density at radius 1 is 1.11 bits per heavy atom. The lowest BCUT2D eigenvalue weighted by Gasteiger charge is -2.36. The van der Waals surface area contributed by atoms with Gasteiger partial charge < -0.3 is 15.0 Å². The summed E-state index contributed by atoms with van der Waals surface area (Å²) < 4.78 is 5.11. The molecule has 1 fully saturated rings. The molecule has 1 aliphatic heterocycles. The van der Waals surface area contributed by atoms with E-state index < -0.39 is 0 Å². The third-order valence-electron chi connectivity index (χ3n) is 3.34. The van der Waals surface area contributed by atoms with Crippen LogP contribution in [0.2, 0.25) is 0 Å². The van der Waals surface area contributed by atoms with E-state index in [2.05, 4.69) is 43.9 Å². The number of aromatic nitrogens is 3. The standard InChI is InChI=1S/C12H22N6O/c1-9(2)17-5-7-18(8-6-17)11-14-10(13-3)15-12(16-11)19-4/h9H,5-8H2,1-4H3,(H,13,14,15,16). The van der Waals surface area contributed by atoms with E-state index in [9.17, 15) is 0 Å². The zero-order valence-electron chi connectivity index (χ0n) is 12.1. The molecule has 0 saturated carbocycles. The predicted octanol–water partition coefficient (Wildman–Crippen LogP) is 0.452. The molecule has 0 aliphatic carbocycles. The Morgan fingerprint density at radius 3 is 2.32 bits per heavy atom. The van der Waals surface area contributed by atoms with Gasteiger partial charge in [0.1, 0.15) is 0 Å². The van der Waals surface area contributed by atoms with Gasteiger partial charge in [-0.1, -0.05) is 0 Å². The van der Waals surface area contributed by atoms with Crippen LogP contribution >= 0.6 is 0 Å². The van der Waals surface area contributed by atoms with Crippen LogP contribution in [0.15, 0.2) is 0 Å². The van der Waals surface area contributed by atoms with Gasteiger partial charge in [-0.15, -0.1) is 0 Å². The van der Waals surface area contributed by atoms with E-state index in [4.69, 9.17) is 4.74 Å². The first-order valence-electron chi connectivity index (χ1n) is 6.61. The average molecular weight is 266 g/mol. The molecular weight excluding hydrogens is 244 g/mol. The highest BCUT2D eigenvalue weighted by atomic mass is 16.5. The van der Waals surface area contributed by atoms with Crippen molar-refractivity contribution >= 4 is 11.9 Å². The first kappa shape index (κ1) is 13.8. The number of hydrogen-bond acceptors (Lipinski definition) is 7. The van der Waals surface area contributed by atoms with Gasteiger partial charge in [-0.05, 0) is 13.8 Å². The Hall–Kier alpha value is -1.63. The van der Waals surface area contributed by atoms with Crippen LogP contribution in [0.1, 0.15) is 13.8 Å². The number of ether oxygens (including phenoxy) is 1. The second-order valence-electron chi connectivity index (χ2n) is 4.81. The van der Waals surface area contributed by atoms with Gasteiger partial charge in [0, 0.05) is 39.3 Å². The van der Waals surface area contributed by atoms with Gasteiger partial charge in [-0.2, -0.15) is 15.0 Å². The molecule has 2 heterocycles. The van der Waals surface area contributed by atoms with E-state index in [-0.39, 0.29) is 0 Å². The fraction of sp³-hybridized carbons (Fsp3) is 0.750. The summed E-state index contributed by atoms with van der Waals surface area (Å²) in [5.74, 6) is 1.22. The molecular formula is C12H22N6O. The number of rotatable bonds is 4. The van der Waals surface area contributed by atoms with Gasteiger partial charge in [0.15, 0.2) is 0 Å². The maximum atomic E-state index is 5.11. The normalized spacial score (nSPS) is 16.8. The fourth-order valence-electron chi connectivity index (χ4n) is 2.13. The summed E-state index contributed by atoms with van der Waals surface area (Å²) in [7, 11) is 3.35. The maximum Gasteiger partial charge on any atom is 0.322 e. The van der Waals surface area contributed by atoms with Crippen LogP contribution in [0, 0.1) is 0 Å². The molecule has 1 saturated heterocycles. The van der Waals surface area contributed by atoms with E-state index >= 15 is 0 Å². The lowest BCUT2D eigenvalue weighted by atomic mass is 10.2. The molecule has 0 unspecified atom stereocenters. The monoisotopic (exact) mass is 266 g/mol. The minimum absolute atomic E-state index is 0.348. The summed E-state index contributed by atoms with van der Waals surface area (Å²) in [6.07, 6.45) is 0. The van der Waals surface area contributed by atoms with E-state index in [1.807, 2.05) is 0 Å². The topological polar surface area (TPSA) is 66.4 Å². The van der Waals surface area contributed by atoms with Gasteiger partial charge in [0.25, 0.3) is 0 Å². The first-order valence-corrected chi connectivity index (χ1v) is 6.61. The van der Waals surface area contributed by atoms with Gasteiger partial charge >= 0.3 is 6.01 Å². The summed E-state index contributed by atoms with van der Waals surface area (Å²) in [5.41, 5.74) is 0. The molecule has 0 radical (unpaired) electrons. The molecule has 0 bridgehead atoms. The highest BCUT2D eigenvalue weighted by Crippen LogP contribution is 2.16. The van der Waals surface area contributed by atoms with Crippen molar-refractivity contribution in [3.63, 3.8) is 0 Å². The van der Waals surface area contributed by atoms with Gasteiger partial charge in [0.05, 0.1) is 7.11 Å². The smallest absolute Gasteiger partial charge is 0.322 e. The van der Waals surface area contributed by atoms with Crippen molar-refractivity contribution in [2.75, 3.05) is 50.6 Å². The minimum Gasteiger partial charge on any atom is -0.467 e. The molecule has 106 valence electrons. The molecule has 2 rings (SSSR count). The Bertz CT molecular complexity index is 394. The quantitative estimate of drug-likeness (QED) is 0.848. The van der Waals surface area contributed by atoms with E-state index in [1.54, 1.807) is 14.2 Å². The fourth-order valence-corrected chi connectivity index (χ4v) is 2.13. The highest BCUT2D eigenvalue weighted by Gasteiger charge is 2.21. The number of piperazine rings is 1. The van der Waals surface area contributed by atoms with Crippen molar-refractivity contribution in [2.45, 2.75) is 19.9 Å². The van der Waals surface area contributed by atoms with E-state index in [0.29, 0.717) is 23.9 Å². The second-order valence-corrected chi connectivity index (χ2v) is 4.81. The van der Waals surface area contributed by atoms with Crippen molar-refractivity contribution in [1.82, 2.24) is 19.9 Å².